The van der Waals surface area contributed by atoms with Gasteiger partial charge in [0.1, 0.15) is 6.10 Å². The van der Waals surface area contributed by atoms with Crippen LogP contribution in [0, 0.1) is 6.92 Å². The Morgan fingerprint density at radius 2 is 2.04 bits per heavy atom. The Labute approximate surface area is 163 Å². The number of hydrogen-bond donors (Lipinski definition) is 1. The van der Waals surface area contributed by atoms with Gasteiger partial charge in [-0.2, -0.15) is 4.98 Å². The molecule has 2 aromatic rings. The zero-order valence-electron chi connectivity index (χ0n) is 16.2. The average Bonchev–Trinajstić information content (AvgIpc) is 3.12. The van der Waals surface area contributed by atoms with E-state index in [0.717, 1.165) is 12.8 Å². The molecule has 2 amide bonds. The van der Waals surface area contributed by atoms with Gasteiger partial charge in [-0.15, -0.1) is 0 Å². The van der Waals surface area contributed by atoms with Crippen LogP contribution in [0.3, 0.4) is 0 Å². The van der Waals surface area contributed by atoms with E-state index in [4.69, 9.17) is 14.0 Å². The maximum absolute atomic E-state index is 12.4. The van der Waals surface area contributed by atoms with Gasteiger partial charge in [-0.05, 0) is 18.2 Å². The number of ether oxygens (including phenoxy) is 2. The van der Waals surface area contributed by atoms with Crippen LogP contribution in [0.1, 0.15) is 41.8 Å². The van der Waals surface area contributed by atoms with Gasteiger partial charge in [-0.25, -0.2) is 0 Å². The summed E-state index contributed by atoms with van der Waals surface area (Å²) >= 11 is 0. The first-order valence-corrected chi connectivity index (χ1v) is 9.14. The number of aryl methyl sites for hydroxylation is 1. The topological polar surface area (TPSA) is 107 Å². The van der Waals surface area contributed by atoms with E-state index in [1.807, 2.05) is 4.90 Å². The molecule has 2 heterocycles. The number of piperidine rings is 1. The Kier molecular flexibility index (Phi) is 6.13. The third-order valence-corrected chi connectivity index (χ3v) is 4.58. The number of carbonyl (C=O) groups excluding carboxylic acids is 2. The number of methoxy groups -OCH3 is 1. The number of benzene rings is 1. The molecule has 1 N–H and O–H groups in total. The molecule has 28 heavy (non-hydrogen) atoms. The van der Waals surface area contributed by atoms with Crippen LogP contribution in [0.2, 0.25) is 0 Å². The summed E-state index contributed by atoms with van der Waals surface area (Å²) in [4.78, 5) is 29.6. The first-order valence-electron chi connectivity index (χ1n) is 9.14. The number of aromatic nitrogens is 2. The van der Waals surface area contributed by atoms with Crippen molar-refractivity contribution in [3.05, 3.63) is 35.5 Å². The quantitative estimate of drug-likeness (QED) is 0.803. The van der Waals surface area contributed by atoms with E-state index in [1.54, 1.807) is 32.0 Å². The minimum Gasteiger partial charge on any atom is -0.493 e. The van der Waals surface area contributed by atoms with Gasteiger partial charge in [0.2, 0.25) is 11.8 Å². The van der Waals surface area contributed by atoms with E-state index in [0.29, 0.717) is 41.9 Å². The summed E-state index contributed by atoms with van der Waals surface area (Å²) in [6.07, 6.45) is 1.52. The van der Waals surface area contributed by atoms with Gasteiger partial charge in [0, 0.05) is 45.3 Å². The Hall–Kier alpha value is -3.10. The minimum absolute atomic E-state index is 0.00524. The lowest BCUT2D eigenvalue weighted by molar-refractivity contribution is -0.130. The van der Waals surface area contributed by atoms with Crippen LogP contribution in [0.25, 0.3) is 0 Å². The minimum atomic E-state index is -0.276. The number of nitrogens with zero attached hydrogens (tertiary/aromatic N) is 3. The van der Waals surface area contributed by atoms with E-state index in [1.165, 1.54) is 7.11 Å². The summed E-state index contributed by atoms with van der Waals surface area (Å²) in [7, 11) is 1.53. The predicted molar refractivity (Wildman–Crippen MR) is 99.1 cm³/mol. The van der Waals surface area contributed by atoms with Gasteiger partial charge in [0.05, 0.1) is 13.7 Å². The zero-order valence-corrected chi connectivity index (χ0v) is 16.2. The zero-order chi connectivity index (χ0) is 20.1. The SMILES string of the molecule is COc1cc(C(=O)NCc2noc(C)n2)ccc1OC1CCN(C(C)=O)CC1. The molecule has 0 atom stereocenters. The summed E-state index contributed by atoms with van der Waals surface area (Å²) in [5.74, 6) is 1.73. The molecule has 0 saturated carbocycles. The van der Waals surface area contributed by atoms with E-state index in [2.05, 4.69) is 15.5 Å². The standard InChI is InChI=1S/C19H24N4O5/c1-12-21-18(22-28-12)11-20-19(25)14-4-5-16(17(10-14)26-3)27-15-6-8-23(9-7-15)13(2)24/h4-5,10,15H,6-9,11H2,1-3H3,(H,20,25). The van der Waals surface area contributed by atoms with Crippen LogP contribution >= 0.6 is 0 Å². The van der Waals surface area contributed by atoms with Gasteiger partial charge >= 0.3 is 0 Å². The highest BCUT2D eigenvalue weighted by atomic mass is 16.5. The van der Waals surface area contributed by atoms with E-state index in [-0.39, 0.29) is 24.5 Å². The molecule has 1 fully saturated rings. The second-order valence-electron chi connectivity index (χ2n) is 6.60. The lowest BCUT2D eigenvalue weighted by Crippen LogP contribution is -2.40. The molecular weight excluding hydrogens is 364 g/mol. The highest BCUT2D eigenvalue weighted by Crippen LogP contribution is 2.30. The second-order valence-corrected chi connectivity index (χ2v) is 6.60. The molecular formula is C19H24N4O5. The van der Waals surface area contributed by atoms with Crippen molar-refractivity contribution < 1.29 is 23.6 Å². The number of carbonyl (C=O) groups is 2. The molecule has 9 heteroatoms. The summed E-state index contributed by atoms with van der Waals surface area (Å²) in [6, 6.07) is 5.04. The molecule has 1 aromatic carbocycles. The number of nitrogens with one attached hydrogen (secondary N) is 1. The third kappa shape index (κ3) is 4.79. The molecule has 9 nitrogen and oxygen atoms in total. The van der Waals surface area contributed by atoms with Gasteiger partial charge in [0.25, 0.3) is 5.91 Å². The van der Waals surface area contributed by atoms with Gasteiger partial charge in [0.15, 0.2) is 17.3 Å². The largest absolute Gasteiger partial charge is 0.493 e. The number of hydrogen-bond acceptors (Lipinski definition) is 7. The Balaban J connectivity index is 1.60. The summed E-state index contributed by atoms with van der Waals surface area (Å²) < 4.78 is 16.3. The molecule has 1 saturated heterocycles. The average molecular weight is 388 g/mol. The van der Waals surface area contributed by atoms with E-state index in [9.17, 15) is 9.59 Å². The maximum atomic E-state index is 12.4. The van der Waals surface area contributed by atoms with Crippen LogP contribution < -0.4 is 14.8 Å². The Morgan fingerprint density at radius 3 is 2.64 bits per heavy atom. The summed E-state index contributed by atoms with van der Waals surface area (Å²) in [6.45, 7) is 4.79. The Morgan fingerprint density at radius 1 is 1.29 bits per heavy atom. The monoisotopic (exact) mass is 388 g/mol. The van der Waals surface area contributed by atoms with Crippen molar-refractivity contribution in [3.8, 4) is 11.5 Å². The molecule has 0 unspecified atom stereocenters. The van der Waals surface area contributed by atoms with E-state index < -0.39 is 0 Å². The molecule has 0 radical (unpaired) electrons. The van der Waals surface area contributed by atoms with Crippen LogP contribution in [0.5, 0.6) is 11.5 Å². The fourth-order valence-electron chi connectivity index (χ4n) is 3.05. The predicted octanol–water partition coefficient (Wildman–Crippen LogP) is 1.71. The van der Waals surface area contributed by atoms with Crippen molar-refractivity contribution in [2.75, 3.05) is 20.2 Å². The fraction of sp³-hybridized carbons (Fsp3) is 0.474. The number of likely N-dealkylation sites (tertiary alicyclic amines) is 1. The second kappa shape index (κ2) is 8.73. The van der Waals surface area contributed by atoms with Crippen molar-refractivity contribution in [2.45, 2.75) is 39.3 Å². The smallest absolute Gasteiger partial charge is 0.251 e. The van der Waals surface area contributed by atoms with Crippen molar-refractivity contribution in [3.63, 3.8) is 0 Å². The lowest BCUT2D eigenvalue weighted by Gasteiger charge is -2.31. The molecule has 1 aliphatic heterocycles. The van der Waals surface area contributed by atoms with Crippen LogP contribution in [-0.2, 0) is 11.3 Å². The van der Waals surface area contributed by atoms with Gasteiger partial charge < -0.3 is 24.2 Å². The lowest BCUT2D eigenvalue weighted by atomic mass is 10.1. The number of rotatable bonds is 6. The molecule has 1 aliphatic rings. The Bertz CT molecular complexity index is 843. The molecule has 0 bridgehead atoms. The first kappa shape index (κ1) is 19.7. The van der Waals surface area contributed by atoms with Crippen molar-refractivity contribution in [1.82, 2.24) is 20.4 Å². The van der Waals surface area contributed by atoms with Crippen molar-refractivity contribution >= 4 is 11.8 Å². The van der Waals surface area contributed by atoms with Crippen molar-refractivity contribution in [1.29, 1.82) is 0 Å². The molecule has 150 valence electrons. The van der Waals surface area contributed by atoms with Crippen molar-refractivity contribution in [2.24, 2.45) is 0 Å². The summed E-state index contributed by atoms with van der Waals surface area (Å²) in [5.41, 5.74) is 0.441. The normalized spacial score (nSPS) is 14.6. The van der Waals surface area contributed by atoms with Crippen LogP contribution in [-0.4, -0.2) is 53.2 Å². The van der Waals surface area contributed by atoms with Gasteiger partial charge in [-0.1, -0.05) is 5.16 Å². The van der Waals surface area contributed by atoms with Crippen LogP contribution in [0.15, 0.2) is 22.7 Å². The van der Waals surface area contributed by atoms with Gasteiger partial charge in [-0.3, -0.25) is 9.59 Å². The van der Waals surface area contributed by atoms with Crippen LogP contribution in [0.4, 0.5) is 0 Å². The molecule has 0 aliphatic carbocycles. The van der Waals surface area contributed by atoms with E-state index >= 15 is 0 Å². The summed E-state index contributed by atoms with van der Waals surface area (Å²) in [5, 5.41) is 6.48. The maximum Gasteiger partial charge on any atom is 0.251 e. The molecule has 3 rings (SSSR count). The highest BCUT2D eigenvalue weighted by molar-refractivity contribution is 5.94. The number of amides is 2. The fourth-order valence-corrected chi connectivity index (χ4v) is 3.05. The highest BCUT2D eigenvalue weighted by Gasteiger charge is 2.23. The molecule has 1 aromatic heterocycles. The first-order chi connectivity index (χ1) is 13.5. The molecule has 0 spiro atoms. The third-order valence-electron chi connectivity index (χ3n) is 4.58.